The molecule has 0 aliphatic carbocycles. The normalized spacial score (nSPS) is 9.95. The summed E-state index contributed by atoms with van der Waals surface area (Å²) in [6.07, 6.45) is 1.64. The highest BCUT2D eigenvalue weighted by molar-refractivity contribution is 5.73. The number of unbranched alkanes of at least 4 members (excludes halogenated alkanes) is 1. The molecule has 0 saturated carbocycles. The molecule has 104 valence electrons. The minimum absolute atomic E-state index is 0.0751. The first kappa shape index (κ1) is 14.7. The van der Waals surface area contributed by atoms with Gasteiger partial charge < -0.3 is 16.4 Å². The van der Waals surface area contributed by atoms with E-state index < -0.39 is 4.92 Å². The number of pyridine rings is 1. The van der Waals surface area contributed by atoms with Gasteiger partial charge in [-0.15, -0.1) is 0 Å². The van der Waals surface area contributed by atoms with Gasteiger partial charge in [0, 0.05) is 26.1 Å². The highest BCUT2D eigenvalue weighted by Gasteiger charge is 2.15. The van der Waals surface area contributed by atoms with Gasteiger partial charge in [-0.05, 0) is 18.9 Å². The number of anilines is 2. The van der Waals surface area contributed by atoms with E-state index in [-0.39, 0.29) is 17.4 Å². The van der Waals surface area contributed by atoms with Crippen molar-refractivity contribution in [3.8, 4) is 0 Å². The molecular weight excluding hydrogens is 250 g/mol. The molecule has 0 aromatic carbocycles. The van der Waals surface area contributed by atoms with Crippen molar-refractivity contribution in [1.29, 1.82) is 0 Å². The summed E-state index contributed by atoms with van der Waals surface area (Å²) >= 11 is 0. The maximum absolute atomic E-state index is 10.8. The smallest absolute Gasteiger partial charge is 0.311 e. The summed E-state index contributed by atoms with van der Waals surface area (Å²) in [5.41, 5.74) is 4.94. The molecule has 8 nitrogen and oxygen atoms in total. The Bertz CT molecular complexity index is 464. The van der Waals surface area contributed by atoms with Crippen LogP contribution in [0.15, 0.2) is 12.1 Å². The second-order valence-electron chi connectivity index (χ2n) is 3.92. The predicted molar refractivity (Wildman–Crippen MR) is 72.0 cm³/mol. The van der Waals surface area contributed by atoms with Crippen LogP contribution in [0.1, 0.15) is 19.3 Å². The monoisotopic (exact) mass is 267 g/mol. The number of rotatable bonds is 8. The molecule has 1 amide bonds. The number of nitrogens with one attached hydrogen (secondary N) is 2. The van der Waals surface area contributed by atoms with Crippen molar-refractivity contribution in [3.05, 3.63) is 22.2 Å². The average molecular weight is 267 g/mol. The summed E-state index contributed by atoms with van der Waals surface area (Å²) in [4.78, 5) is 25.0. The molecule has 4 N–H and O–H groups in total. The van der Waals surface area contributed by atoms with Crippen molar-refractivity contribution in [3.63, 3.8) is 0 Å². The zero-order valence-corrected chi connectivity index (χ0v) is 10.7. The van der Waals surface area contributed by atoms with Gasteiger partial charge in [0.15, 0.2) is 0 Å². The number of carbonyl (C=O) groups is 1. The van der Waals surface area contributed by atoms with Crippen molar-refractivity contribution in [2.24, 2.45) is 5.73 Å². The number of nitrogens with two attached hydrogens (primary N) is 1. The standard InChI is InChI=1S/C11H17N5O3/c1-13-10-6-5-8(16(18)19)11(15-10)14-7-3-2-4-9(12)17/h5-6H,2-4,7H2,1H3,(H2,12,17)(H2,13,14,15). The van der Waals surface area contributed by atoms with Gasteiger partial charge in [-0.2, -0.15) is 0 Å². The Balaban J connectivity index is 2.59. The Kier molecular flexibility index (Phi) is 5.52. The summed E-state index contributed by atoms with van der Waals surface area (Å²) in [5, 5.41) is 16.6. The van der Waals surface area contributed by atoms with Gasteiger partial charge in [0.25, 0.3) is 0 Å². The largest absolute Gasteiger partial charge is 0.373 e. The Hall–Kier alpha value is -2.38. The van der Waals surface area contributed by atoms with Gasteiger partial charge in [0.1, 0.15) is 5.82 Å². The molecule has 1 aromatic heterocycles. The molecule has 0 radical (unpaired) electrons. The van der Waals surface area contributed by atoms with Crippen LogP contribution in [0.3, 0.4) is 0 Å². The minimum Gasteiger partial charge on any atom is -0.373 e. The zero-order valence-electron chi connectivity index (χ0n) is 10.7. The number of primary amides is 1. The lowest BCUT2D eigenvalue weighted by Crippen LogP contribution is -2.11. The number of aromatic nitrogens is 1. The summed E-state index contributed by atoms with van der Waals surface area (Å²) in [7, 11) is 1.69. The third-order valence-corrected chi connectivity index (χ3v) is 2.47. The van der Waals surface area contributed by atoms with Gasteiger partial charge in [0.05, 0.1) is 4.92 Å². The maximum Gasteiger partial charge on any atom is 0.311 e. The highest BCUT2D eigenvalue weighted by atomic mass is 16.6. The third kappa shape index (κ3) is 4.78. The van der Waals surface area contributed by atoms with Crippen LogP contribution in [0, 0.1) is 10.1 Å². The molecule has 0 spiro atoms. The van der Waals surface area contributed by atoms with Gasteiger partial charge in [0.2, 0.25) is 11.7 Å². The molecule has 0 unspecified atom stereocenters. The number of carbonyl (C=O) groups excluding carboxylic acids is 1. The van der Waals surface area contributed by atoms with E-state index in [4.69, 9.17) is 5.73 Å². The van der Waals surface area contributed by atoms with E-state index in [1.807, 2.05) is 0 Å². The fourth-order valence-corrected chi connectivity index (χ4v) is 1.50. The van der Waals surface area contributed by atoms with Gasteiger partial charge in [-0.25, -0.2) is 4.98 Å². The molecule has 0 atom stereocenters. The number of nitro groups is 1. The molecule has 0 aliphatic rings. The van der Waals surface area contributed by atoms with E-state index in [9.17, 15) is 14.9 Å². The Morgan fingerprint density at radius 2 is 2.21 bits per heavy atom. The van der Waals surface area contributed by atoms with E-state index in [1.165, 1.54) is 12.1 Å². The summed E-state index contributed by atoms with van der Waals surface area (Å²) in [6.45, 7) is 0.494. The van der Waals surface area contributed by atoms with Gasteiger partial charge in [-0.1, -0.05) is 0 Å². The lowest BCUT2D eigenvalue weighted by atomic mass is 10.2. The summed E-state index contributed by atoms with van der Waals surface area (Å²) in [6, 6.07) is 2.93. The molecule has 8 heteroatoms. The molecule has 19 heavy (non-hydrogen) atoms. The van der Waals surface area contributed by atoms with E-state index in [1.54, 1.807) is 7.05 Å². The first-order chi connectivity index (χ1) is 9.04. The van der Waals surface area contributed by atoms with Crippen molar-refractivity contribution in [1.82, 2.24) is 4.98 Å². The number of hydrogen-bond donors (Lipinski definition) is 3. The predicted octanol–water partition coefficient (Wildman–Crippen LogP) is 1.10. The van der Waals surface area contributed by atoms with E-state index in [0.717, 1.165) is 0 Å². The SMILES string of the molecule is CNc1ccc([N+](=O)[O-])c(NCCCCC(N)=O)n1. The quantitative estimate of drug-likeness (QED) is 0.368. The van der Waals surface area contributed by atoms with Crippen molar-refractivity contribution < 1.29 is 9.72 Å². The average Bonchev–Trinajstić information content (AvgIpc) is 2.37. The lowest BCUT2D eigenvalue weighted by molar-refractivity contribution is -0.384. The fourth-order valence-electron chi connectivity index (χ4n) is 1.50. The lowest BCUT2D eigenvalue weighted by Gasteiger charge is -2.07. The van der Waals surface area contributed by atoms with Crippen LogP contribution >= 0.6 is 0 Å². The highest BCUT2D eigenvalue weighted by Crippen LogP contribution is 2.23. The van der Waals surface area contributed by atoms with E-state index >= 15 is 0 Å². The van der Waals surface area contributed by atoms with Crippen LogP contribution in [-0.2, 0) is 4.79 Å². The first-order valence-corrected chi connectivity index (χ1v) is 5.90. The first-order valence-electron chi connectivity index (χ1n) is 5.90. The van der Waals surface area contributed by atoms with Crippen LogP contribution in [0.4, 0.5) is 17.3 Å². The van der Waals surface area contributed by atoms with Crippen molar-refractivity contribution in [2.75, 3.05) is 24.2 Å². The van der Waals surface area contributed by atoms with Gasteiger partial charge in [-0.3, -0.25) is 14.9 Å². The van der Waals surface area contributed by atoms with Crippen molar-refractivity contribution >= 4 is 23.2 Å². The zero-order chi connectivity index (χ0) is 14.3. The number of nitrogens with zero attached hydrogens (tertiary/aromatic N) is 2. The van der Waals surface area contributed by atoms with Crippen LogP contribution in [0.2, 0.25) is 0 Å². The number of amides is 1. The third-order valence-electron chi connectivity index (χ3n) is 2.47. The van der Waals surface area contributed by atoms with Crippen molar-refractivity contribution in [2.45, 2.75) is 19.3 Å². The maximum atomic E-state index is 10.8. The van der Waals surface area contributed by atoms with Crippen LogP contribution in [0.25, 0.3) is 0 Å². The van der Waals surface area contributed by atoms with E-state index in [0.29, 0.717) is 31.6 Å². The molecule has 1 aromatic rings. The minimum atomic E-state index is -0.488. The Morgan fingerprint density at radius 3 is 2.79 bits per heavy atom. The van der Waals surface area contributed by atoms with Crippen LogP contribution in [-0.4, -0.2) is 29.4 Å². The molecule has 0 bridgehead atoms. The number of hydrogen-bond acceptors (Lipinski definition) is 6. The van der Waals surface area contributed by atoms with E-state index in [2.05, 4.69) is 15.6 Å². The summed E-state index contributed by atoms with van der Waals surface area (Å²) in [5.74, 6) is 0.419. The van der Waals surface area contributed by atoms with Gasteiger partial charge >= 0.3 is 5.69 Å². The fraction of sp³-hybridized carbons (Fsp3) is 0.455. The molecule has 0 aliphatic heterocycles. The molecule has 0 saturated heterocycles. The van der Waals surface area contributed by atoms with Crippen LogP contribution in [0.5, 0.6) is 0 Å². The molecule has 1 heterocycles. The Labute approximate surface area is 110 Å². The Morgan fingerprint density at radius 1 is 1.47 bits per heavy atom. The molecule has 1 rings (SSSR count). The second kappa shape index (κ2) is 7.14. The molecular formula is C11H17N5O3. The molecule has 0 fully saturated rings. The summed E-state index contributed by atoms with van der Waals surface area (Å²) < 4.78 is 0. The topological polar surface area (TPSA) is 123 Å². The van der Waals surface area contributed by atoms with Crippen LogP contribution < -0.4 is 16.4 Å². The second-order valence-corrected chi connectivity index (χ2v) is 3.92.